The molecule has 0 saturated heterocycles. The summed E-state index contributed by atoms with van der Waals surface area (Å²) in [5, 5.41) is 4.88. The van der Waals surface area contributed by atoms with Crippen LogP contribution in [-0.4, -0.2) is 25.1 Å². The van der Waals surface area contributed by atoms with Crippen LogP contribution in [0.1, 0.15) is 17.3 Å². The largest absolute Gasteiger partial charge is 0.497 e. The molecule has 0 fully saturated rings. The van der Waals surface area contributed by atoms with Gasteiger partial charge >= 0.3 is 5.97 Å². The minimum atomic E-state index is -0.920. The van der Waals surface area contributed by atoms with Gasteiger partial charge in [-0.05, 0) is 54.1 Å². The lowest BCUT2D eigenvalue weighted by Gasteiger charge is -2.14. The molecule has 1 N–H and O–H groups in total. The zero-order valence-corrected chi connectivity index (χ0v) is 14.6. The third kappa shape index (κ3) is 4.00. The second kappa shape index (κ2) is 7.70. The topological polar surface area (TPSA) is 64.6 Å². The fourth-order valence-electron chi connectivity index (χ4n) is 2.52. The van der Waals surface area contributed by atoms with Gasteiger partial charge in [0.2, 0.25) is 0 Å². The van der Waals surface area contributed by atoms with Crippen molar-refractivity contribution in [3.05, 3.63) is 72.3 Å². The van der Waals surface area contributed by atoms with Gasteiger partial charge in [0.15, 0.2) is 6.10 Å². The molecule has 3 aromatic rings. The lowest BCUT2D eigenvalue weighted by Crippen LogP contribution is -2.30. The van der Waals surface area contributed by atoms with E-state index in [0.717, 1.165) is 10.8 Å². The van der Waals surface area contributed by atoms with E-state index in [4.69, 9.17) is 9.47 Å². The summed E-state index contributed by atoms with van der Waals surface area (Å²) in [6, 6.07) is 20.0. The van der Waals surface area contributed by atoms with Crippen molar-refractivity contribution in [2.24, 2.45) is 0 Å². The molecule has 0 spiro atoms. The summed E-state index contributed by atoms with van der Waals surface area (Å²) in [6.07, 6.45) is -0.920. The molecule has 5 heteroatoms. The van der Waals surface area contributed by atoms with E-state index in [0.29, 0.717) is 17.0 Å². The van der Waals surface area contributed by atoms with Crippen LogP contribution in [-0.2, 0) is 9.53 Å². The average Bonchev–Trinajstić information content (AvgIpc) is 2.67. The number of benzene rings is 3. The molecule has 1 amide bonds. The van der Waals surface area contributed by atoms with Crippen molar-refractivity contribution in [3.63, 3.8) is 0 Å². The Morgan fingerprint density at radius 1 is 0.923 bits per heavy atom. The van der Waals surface area contributed by atoms with E-state index in [9.17, 15) is 9.59 Å². The highest BCUT2D eigenvalue weighted by atomic mass is 16.5. The standard InChI is InChI=1S/C21H19NO4/c1-14(26-21(24)16-8-11-19(25-2)12-9-16)20(23)22-18-10-7-15-5-3-4-6-17(15)13-18/h3-14H,1-2H3,(H,22,23)/t14-/m0/s1. The van der Waals surface area contributed by atoms with Crippen LogP contribution in [0.5, 0.6) is 5.75 Å². The smallest absolute Gasteiger partial charge is 0.338 e. The van der Waals surface area contributed by atoms with Gasteiger partial charge in [-0.25, -0.2) is 4.79 Å². The maximum absolute atomic E-state index is 12.3. The van der Waals surface area contributed by atoms with Crippen LogP contribution in [0.2, 0.25) is 0 Å². The van der Waals surface area contributed by atoms with E-state index in [1.807, 2.05) is 42.5 Å². The number of fused-ring (bicyclic) bond motifs is 1. The normalized spacial score (nSPS) is 11.6. The molecule has 0 saturated carbocycles. The predicted molar refractivity (Wildman–Crippen MR) is 100 cm³/mol. The van der Waals surface area contributed by atoms with E-state index < -0.39 is 12.1 Å². The molecule has 0 aliphatic heterocycles. The summed E-state index contributed by atoms with van der Waals surface area (Å²) >= 11 is 0. The van der Waals surface area contributed by atoms with Crippen LogP contribution < -0.4 is 10.1 Å². The molecular weight excluding hydrogens is 330 g/mol. The van der Waals surface area contributed by atoms with Gasteiger partial charge in [-0.15, -0.1) is 0 Å². The summed E-state index contributed by atoms with van der Waals surface area (Å²) in [4.78, 5) is 24.5. The van der Waals surface area contributed by atoms with Crippen molar-refractivity contribution in [2.75, 3.05) is 12.4 Å². The Morgan fingerprint density at radius 2 is 1.62 bits per heavy atom. The van der Waals surface area contributed by atoms with E-state index in [2.05, 4.69) is 5.32 Å². The van der Waals surface area contributed by atoms with Crippen LogP contribution in [0.25, 0.3) is 10.8 Å². The van der Waals surface area contributed by atoms with Gasteiger partial charge in [0.25, 0.3) is 5.91 Å². The van der Waals surface area contributed by atoms with E-state index in [-0.39, 0.29) is 5.91 Å². The first-order valence-corrected chi connectivity index (χ1v) is 8.21. The van der Waals surface area contributed by atoms with Crippen molar-refractivity contribution >= 4 is 28.3 Å². The zero-order chi connectivity index (χ0) is 18.5. The van der Waals surface area contributed by atoms with Gasteiger partial charge in [0.05, 0.1) is 12.7 Å². The van der Waals surface area contributed by atoms with E-state index in [1.165, 1.54) is 6.92 Å². The number of rotatable bonds is 5. The van der Waals surface area contributed by atoms with E-state index >= 15 is 0 Å². The molecule has 0 heterocycles. The minimum absolute atomic E-state index is 0.358. The minimum Gasteiger partial charge on any atom is -0.497 e. The van der Waals surface area contributed by atoms with Crippen molar-refractivity contribution in [1.29, 1.82) is 0 Å². The number of amides is 1. The predicted octanol–water partition coefficient (Wildman–Crippen LogP) is 4.03. The lowest BCUT2D eigenvalue weighted by molar-refractivity contribution is -0.123. The monoisotopic (exact) mass is 349 g/mol. The molecule has 5 nitrogen and oxygen atoms in total. The molecule has 0 aliphatic carbocycles. The maximum atomic E-state index is 12.3. The van der Waals surface area contributed by atoms with Gasteiger partial charge in [-0.2, -0.15) is 0 Å². The Morgan fingerprint density at radius 3 is 2.31 bits per heavy atom. The summed E-state index contributed by atoms with van der Waals surface area (Å²) in [5.41, 5.74) is 1.01. The molecule has 0 aromatic heterocycles. The number of anilines is 1. The van der Waals surface area contributed by atoms with Gasteiger partial charge in [0, 0.05) is 5.69 Å². The quantitative estimate of drug-likeness (QED) is 0.706. The molecular formula is C21H19NO4. The first-order chi connectivity index (χ1) is 12.6. The summed E-state index contributed by atoms with van der Waals surface area (Å²) in [7, 11) is 1.55. The van der Waals surface area contributed by atoms with Crippen LogP contribution in [0.15, 0.2) is 66.7 Å². The molecule has 26 heavy (non-hydrogen) atoms. The Bertz CT molecular complexity index is 934. The number of hydrogen-bond donors (Lipinski definition) is 1. The fraction of sp³-hybridized carbons (Fsp3) is 0.143. The van der Waals surface area contributed by atoms with Gasteiger partial charge in [0.1, 0.15) is 5.75 Å². The van der Waals surface area contributed by atoms with Gasteiger partial charge < -0.3 is 14.8 Å². The number of nitrogens with one attached hydrogen (secondary N) is 1. The average molecular weight is 349 g/mol. The third-order valence-electron chi connectivity index (χ3n) is 4.00. The number of carbonyl (C=O) groups excluding carboxylic acids is 2. The number of esters is 1. The number of hydrogen-bond acceptors (Lipinski definition) is 4. The molecule has 0 unspecified atom stereocenters. The first-order valence-electron chi connectivity index (χ1n) is 8.21. The van der Waals surface area contributed by atoms with Gasteiger partial charge in [-0.1, -0.05) is 30.3 Å². The van der Waals surface area contributed by atoms with Crippen LogP contribution in [0.3, 0.4) is 0 Å². The van der Waals surface area contributed by atoms with Gasteiger partial charge in [-0.3, -0.25) is 4.79 Å². The molecule has 132 valence electrons. The highest BCUT2D eigenvalue weighted by Gasteiger charge is 2.19. The second-order valence-electron chi connectivity index (χ2n) is 5.83. The van der Waals surface area contributed by atoms with Crippen molar-refractivity contribution in [1.82, 2.24) is 0 Å². The van der Waals surface area contributed by atoms with Crippen molar-refractivity contribution in [2.45, 2.75) is 13.0 Å². The molecule has 0 bridgehead atoms. The Kier molecular flexibility index (Phi) is 5.17. The van der Waals surface area contributed by atoms with E-state index in [1.54, 1.807) is 31.4 Å². The Balaban J connectivity index is 1.63. The summed E-state index contributed by atoms with van der Waals surface area (Å²) in [5.74, 6) is -0.306. The maximum Gasteiger partial charge on any atom is 0.338 e. The van der Waals surface area contributed by atoms with Crippen LogP contribution in [0.4, 0.5) is 5.69 Å². The highest BCUT2D eigenvalue weighted by Crippen LogP contribution is 2.19. The molecule has 1 atom stereocenters. The molecule has 0 radical (unpaired) electrons. The SMILES string of the molecule is COc1ccc(C(=O)O[C@@H](C)C(=O)Nc2ccc3ccccc3c2)cc1. The van der Waals surface area contributed by atoms with Crippen LogP contribution >= 0.6 is 0 Å². The van der Waals surface area contributed by atoms with Crippen molar-refractivity contribution in [3.8, 4) is 5.75 Å². The second-order valence-corrected chi connectivity index (χ2v) is 5.83. The number of carbonyl (C=O) groups is 2. The summed E-state index contributed by atoms with van der Waals surface area (Å²) in [6.45, 7) is 1.54. The number of methoxy groups -OCH3 is 1. The Labute approximate surface area is 151 Å². The summed E-state index contributed by atoms with van der Waals surface area (Å²) < 4.78 is 10.3. The third-order valence-corrected chi connectivity index (χ3v) is 4.00. The molecule has 3 rings (SSSR count). The lowest BCUT2D eigenvalue weighted by atomic mass is 10.1. The Hall–Kier alpha value is -3.34. The zero-order valence-electron chi connectivity index (χ0n) is 14.6. The molecule has 3 aromatic carbocycles. The molecule has 0 aliphatic rings. The van der Waals surface area contributed by atoms with Crippen LogP contribution in [0, 0.1) is 0 Å². The first kappa shape index (κ1) is 17.5. The number of ether oxygens (including phenoxy) is 2. The highest BCUT2D eigenvalue weighted by molar-refractivity contribution is 5.98. The fourth-order valence-corrected chi connectivity index (χ4v) is 2.52. The van der Waals surface area contributed by atoms with Crippen molar-refractivity contribution < 1.29 is 19.1 Å².